The van der Waals surface area contributed by atoms with E-state index in [4.69, 9.17) is 4.42 Å². The molecular weight excluding hydrogens is 360 g/mol. The van der Waals surface area contributed by atoms with Gasteiger partial charge in [0.25, 0.3) is 0 Å². The first kappa shape index (κ1) is 26.2. The first-order valence-corrected chi connectivity index (χ1v) is 9.97. The summed E-state index contributed by atoms with van der Waals surface area (Å²) < 4.78 is 5.38. The van der Waals surface area contributed by atoms with Crippen LogP contribution in [0.15, 0.2) is 64.4 Å². The Morgan fingerprint density at radius 2 is 1.83 bits per heavy atom. The second kappa shape index (κ2) is 15.1. The standard InChI is InChI=1S/C14H20N2.C8H13NO.C2H5N/c1-11(2)10-16-12(3)9-13-5-7-14(15-4)8-6-13;1-4-8-9-5-7(10-8)6(2)3;1-2-3/h5-8,10,15H,9H2,1-4H3;5-6H,4H2,1-3H3;2H,1,3H2. The molecule has 0 saturated heterocycles. The largest absolute Gasteiger partial charge is 0.445 e. The van der Waals surface area contributed by atoms with Crippen LogP contribution in [-0.2, 0) is 12.8 Å². The molecular formula is C24H38N4O. The average molecular weight is 399 g/mol. The summed E-state index contributed by atoms with van der Waals surface area (Å²) in [5.74, 6) is 2.27. The van der Waals surface area contributed by atoms with E-state index in [0.717, 1.165) is 35.9 Å². The summed E-state index contributed by atoms with van der Waals surface area (Å²) in [7, 11) is 1.93. The van der Waals surface area contributed by atoms with Crippen LogP contribution in [0.3, 0.4) is 0 Å². The number of hydrogen-bond acceptors (Lipinski definition) is 5. The maximum absolute atomic E-state index is 5.38. The number of allylic oxidation sites excluding steroid dienone is 1. The van der Waals surface area contributed by atoms with E-state index < -0.39 is 0 Å². The van der Waals surface area contributed by atoms with Crippen molar-refractivity contribution in [1.29, 1.82) is 0 Å². The van der Waals surface area contributed by atoms with Crippen LogP contribution in [0.25, 0.3) is 0 Å². The summed E-state index contributed by atoms with van der Waals surface area (Å²) in [5, 5.41) is 3.11. The molecule has 0 saturated carbocycles. The summed E-state index contributed by atoms with van der Waals surface area (Å²) in [6, 6.07) is 8.44. The predicted molar refractivity (Wildman–Crippen MR) is 127 cm³/mol. The van der Waals surface area contributed by atoms with Gasteiger partial charge in [-0.3, -0.25) is 4.99 Å². The summed E-state index contributed by atoms with van der Waals surface area (Å²) in [6.45, 7) is 15.5. The lowest BCUT2D eigenvalue weighted by Crippen LogP contribution is -1.97. The number of hydrogen-bond donors (Lipinski definition) is 2. The normalized spacial score (nSPS) is 10.3. The molecule has 160 valence electrons. The van der Waals surface area contributed by atoms with E-state index >= 15 is 0 Å². The van der Waals surface area contributed by atoms with Crippen LogP contribution in [0.2, 0.25) is 0 Å². The lowest BCUT2D eigenvalue weighted by molar-refractivity contribution is 0.443. The van der Waals surface area contributed by atoms with Gasteiger partial charge in [-0.15, -0.1) is 0 Å². The molecule has 0 fully saturated rings. The van der Waals surface area contributed by atoms with Crippen LogP contribution in [0.1, 0.15) is 64.7 Å². The summed E-state index contributed by atoms with van der Waals surface area (Å²) in [6.07, 6.45) is 6.77. The van der Waals surface area contributed by atoms with Crippen molar-refractivity contribution in [3.8, 4) is 0 Å². The fraction of sp³-hybridized carbons (Fsp3) is 0.417. The molecule has 1 heterocycles. The molecule has 0 spiro atoms. The van der Waals surface area contributed by atoms with E-state index in [2.05, 4.69) is 86.5 Å². The quantitative estimate of drug-likeness (QED) is 0.576. The molecule has 1 aromatic heterocycles. The fourth-order valence-electron chi connectivity index (χ4n) is 2.12. The van der Waals surface area contributed by atoms with Crippen LogP contribution < -0.4 is 11.1 Å². The Morgan fingerprint density at radius 3 is 2.21 bits per heavy atom. The highest BCUT2D eigenvalue weighted by molar-refractivity contribution is 5.84. The zero-order valence-corrected chi connectivity index (χ0v) is 19.1. The number of nitrogens with two attached hydrogens (primary N) is 1. The van der Waals surface area contributed by atoms with Crippen molar-refractivity contribution in [2.45, 2.75) is 60.3 Å². The van der Waals surface area contributed by atoms with Gasteiger partial charge in [0.1, 0.15) is 5.76 Å². The topological polar surface area (TPSA) is 76.4 Å². The van der Waals surface area contributed by atoms with Crippen LogP contribution >= 0.6 is 0 Å². The third-order valence-corrected chi connectivity index (χ3v) is 3.69. The Balaban J connectivity index is 0.000000514. The van der Waals surface area contributed by atoms with Crippen LogP contribution in [0.4, 0.5) is 5.69 Å². The van der Waals surface area contributed by atoms with Gasteiger partial charge in [0, 0.05) is 43.4 Å². The van der Waals surface area contributed by atoms with Crippen molar-refractivity contribution < 1.29 is 4.42 Å². The van der Waals surface area contributed by atoms with E-state index in [0.29, 0.717) is 5.92 Å². The highest BCUT2D eigenvalue weighted by Crippen LogP contribution is 2.14. The second-order valence-corrected chi connectivity index (χ2v) is 7.09. The second-order valence-electron chi connectivity index (χ2n) is 7.09. The van der Waals surface area contributed by atoms with Crippen molar-refractivity contribution in [1.82, 2.24) is 4.98 Å². The molecule has 0 aliphatic heterocycles. The van der Waals surface area contributed by atoms with Gasteiger partial charge in [0.05, 0.1) is 6.20 Å². The molecule has 0 amide bonds. The van der Waals surface area contributed by atoms with Gasteiger partial charge in [-0.05, 0) is 44.7 Å². The van der Waals surface area contributed by atoms with Gasteiger partial charge in [-0.1, -0.05) is 45.1 Å². The molecule has 3 N–H and O–H groups in total. The van der Waals surface area contributed by atoms with Crippen molar-refractivity contribution in [3.63, 3.8) is 0 Å². The SMILES string of the molecule is C=CN.CCc1ncc(C(C)C)o1.CNc1ccc(CC(C)=NC=C(C)C)cc1. The molecule has 0 aliphatic rings. The lowest BCUT2D eigenvalue weighted by atomic mass is 10.1. The molecule has 5 nitrogen and oxygen atoms in total. The van der Waals surface area contributed by atoms with E-state index in [-0.39, 0.29) is 0 Å². The predicted octanol–water partition coefficient (Wildman–Crippen LogP) is 6.10. The number of aromatic nitrogens is 1. The van der Waals surface area contributed by atoms with E-state index in [9.17, 15) is 0 Å². The number of rotatable bonds is 6. The van der Waals surface area contributed by atoms with Crippen LogP contribution in [0, 0.1) is 0 Å². The Kier molecular flexibility index (Phi) is 13.7. The molecule has 0 bridgehead atoms. The van der Waals surface area contributed by atoms with Crippen molar-refractivity contribution in [2.24, 2.45) is 10.7 Å². The number of anilines is 1. The van der Waals surface area contributed by atoms with Crippen LogP contribution in [0.5, 0.6) is 0 Å². The Hall–Kier alpha value is -2.82. The number of benzene rings is 1. The molecule has 0 unspecified atom stereocenters. The third-order valence-electron chi connectivity index (χ3n) is 3.69. The Bertz CT molecular complexity index is 751. The Labute approximate surface area is 176 Å². The van der Waals surface area contributed by atoms with Crippen molar-refractivity contribution in [3.05, 3.63) is 72.2 Å². The highest BCUT2D eigenvalue weighted by atomic mass is 16.4. The number of aliphatic imine (C=N–C) groups is 1. The summed E-state index contributed by atoms with van der Waals surface area (Å²) >= 11 is 0. The minimum Gasteiger partial charge on any atom is -0.445 e. The van der Waals surface area contributed by atoms with Gasteiger partial charge >= 0.3 is 0 Å². The van der Waals surface area contributed by atoms with Gasteiger partial charge in [0.15, 0.2) is 5.89 Å². The monoisotopic (exact) mass is 398 g/mol. The molecule has 5 heteroatoms. The van der Waals surface area contributed by atoms with E-state index in [1.807, 2.05) is 26.4 Å². The zero-order valence-electron chi connectivity index (χ0n) is 19.1. The van der Waals surface area contributed by atoms with Crippen LogP contribution in [-0.4, -0.2) is 17.7 Å². The molecule has 0 atom stereocenters. The zero-order chi connectivity index (χ0) is 22.2. The molecule has 0 radical (unpaired) electrons. The van der Waals surface area contributed by atoms with Gasteiger partial charge in [-0.25, -0.2) is 4.98 Å². The number of oxazole rings is 1. The van der Waals surface area contributed by atoms with E-state index in [1.54, 1.807) is 0 Å². The summed E-state index contributed by atoms with van der Waals surface area (Å²) in [4.78, 5) is 8.49. The molecule has 2 rings (SSSR count). The van der Waals surface area contributed by atoms with E-state index in [1.165, 1.54) is 17.3 Å². The first-order valence-electron chi connectivity index (χ1n) is 9.97. The van der Waals surface area contributed by atoms with Gasteiger partial charge < -0.3 is 15.5 Å². The smallest absolute Gasteiger partial charge is 0.194 e. The first-order chi connectivity index (χ1) is 13.8. The maximum Gasteiger partial charge on any atom is 0.194 e. The molecule has 29 heavy (non-hydrogen) atoms. The lowest BCUT2D eigenvalue weighted by Gasteiger charge is -2.03. The minimum atomic E-state index is 0.452. The average Bonchev–Trinajstić information content (AvgIpc) is 3.18. The highest BCUT2D eigenvalue weighted by Gasteiger charge is 2.04. The third kappa shape index (κ3) is 12.3. The van der Waals surface area contributed by atoms with Gasteiger partial charge in [-0.2, -0.15) is 0 Å². The molecule has 2 aromatic rings. The fourth-order valence-corrected chi connectivity index (χ4v) is 2.12. The summed E-state index contributed by atoms with van der Waals surface area (Å²) in [5.41, 5.74) is 9.41. The minimum absolute atomic E-state index is 0.452. The number of nitrogens with zero attached hydrogens (tertiary/aromatic N) is 2. The van der Waals surface area contributed by atoms with Crippen molar-refractivity contribution in [2.75, 3.05) is 12.4 Å². The Morgan fingerprint density at radius 1 is 1.24 bits per heavy atom. The maximum atomic E-state index is 5.38. The van der Waals surface area contributed by atoms with Crippen molar-refractivity contribution >= 4 is 11.4 Å². The molecule has 0 aliphatic carbocycles. The molecule has 1 aromatic carbocycles. The van der Waals surface area contributed by atoms with Gasteiger partial charge in [0.2, 0.25) is 0 Å². The number of aryl methyl sites for hydroxylation is 1. The number of nitrogens with one attached hydrogen (secondary N) is 1.